The van der Waals surface area contributed by atoms with Crippen molar-refractivity contribution in [3.05, 3.63) is 89.9 Å². The fraction of sp³-hybridized carbons (Fsp3) is 0.343. The van der Waals surface area contributed by atoms with Crippen molar-refractivity contribution in [2.75, 3.05) is 18.0 Å². The Labute approximate surface area is 267 Å². The summed E-state index contributed by atoms with van der Waals surface area (Å²) in [5, 5.41) is 27.8. The highest BCUT2D eigenvalue weighted by atomic mass is 16.3. The van der Waals surface area contributed by atoms with Crippen molar-refractivity contribution in [3.63, 3.8) is 0 Å². The van der Waals surface area contributed by atoms with Crippen LogP contribution in [0.25, 0.3) is 28.0 Å². The van der Waals surface area contributed by atoms with Gasteiger partial charge in [0, 0.05) is 53.9 Å². The van der Waals surface area contributed by atoms with Crippen LogP contribution in [0.2, 0.25) is 0 Å². The largest absolute Gasteiger partial charge is 0.386 e. The summed E-state index contributed by atoms with van der Waals surface area (Å²) < 4.78 is 1.68. The summed E-state index contributed by atoms with van der Waals surface area (Å²) >= 11 is 0. The SMILES string of the molecule is Cc1cccnc1C(=O)NC1(C)C[C@H]2CN(c3cnc(-c4cc(-c5ccc(C(C)(C)O)cn5)cn5ncc(C#N)c45)cn3)C[C@H]2C1. The normalized spacial score (nSPS) is 20.9. The smallest absolute Gasteiger partial charge is 0.270 e. The lowest BCUT2D eigenvalue weighted by atomic mass is 9.97. The topological polar surface area (TPSA) is 145 Å². The van der Waals surface area contributed by atoms with E-state index in [9.17, 15) is 15.2 Å². The molecular formula is C35H35N9O2. The molecule has 11 nitrogen and oxygen atoms in total. The Morgan fingerprint density at radius 3 is 2.43 bits per heavy atom. The molecule has 6 heterocycles. The number of aliphatic hydroxyl groups is 1. The molecule has 7 rings (SSSR count). The third kappa shape index (κ3) is 5.35. The molecule has 0 aromatic carbocycles. The molecule has 232 valence electrons. The Morgan fingerprint density at radius 1 is 1.04 bits per heavy atom. The van der Waals surface area contributed by atoms with Gasteiger partial charge < -0.3 is 15.3 Å². The number of hydrogen-bond donors (Lipinski definition) is 2. The molecule has 0 bridgehead atoms. The average Bonchev–Trinajstić information content (AvgIpc) is 3.71. The van der Waals surface area contributed by atoms with Crippen LogP contribution in [0.1, 0.15) is 60.8 Å². The first-order chi connectivity index (χ1) is 22.0. The Hall–Kier alpha value is -5.21. The quantitative estimate of drug-likeness (QED) is 0.279. The molecule has 1 saturated heterocycles. The van der Waals surface area contributed by atoms with E-state index >= 15 is 0 Å². The number of carbonyl (C=O) groups excluding carboxylic acids is 1. The minimum absolute atomic E-state index is 0.114. The van der Waals surface area contributed by atoms with Crippen LogP contribution in [0, 0.1) is 30.1 Å². The molecule has 46 heavy (non-hydrogen) atoms. The molecule has 2 fully saturated rings. The van der Waals surface area contributed by atoms with E-state index in [1.807, 2.05) is 43.5 Å². The van der Waals surface area contributed by atoms with Gasteiger partial charge in [0.25, 0.3) is 5.91 Å². The molecule has 5 aromatic heterocycles. The van der Waals surface area contributed by atoms with Gasteiger partial charge in [0.2, 0.25) is 0 Å². The van der Waals surface area contributed by atoms with Crippen molar-refractivity contribution >= 4 is 17.2 Å². The monoisotopic (exact) mass is 613 g/mol. The number of aromatic nitrogens is 6. The Balaban J connectivity index is 1.10. The number of fused-ring (bicyclic) bond motifs is 2. The van der Waals surface area contributed by atoms with E-state index in [0.717, 1.165) is 48.4 Å². The molecule has 1 saturated carbocycles. The first kappa shape index (κ1) is 29.5. The summed E-state index contributed by atoms with van der Waals surface area (Å²) in [7, 11) is 0. The van der Waals surface area contributed by atoms with Crippen molar-refractivity contribution in [1.29, 1.82) is 5.26 Å². The average molecular weight is 614 g/mol. The molecular weight excluding hydrogens is 578 g/mol. The standard InChI is InChI=1S/C35H35N9O2/c1-21-6-5-9-37-31(21)33(45)42-35(4)11-23-18-43(19-24(23)12-35)30-17-39-29(16-40-30)27-10-22(20-44-32(27)25(13-36)14-41-44)28-8-7-26(15-38-28)34(2,3)46/h5-10,14-17,20,23-24,46H,11-12,18-19H2,1-4H3,(H,42,45)/t23-,24+,35?. The van der Waals surface area contributed by atoms with E-state index in [1.54, 1.807) is 49.3 Å². The number of carbonyl (C=O) groups is 1. The van der Waals surface area contributed by atoms with Crippen LogP contribution in [0.15, 0.2) is 67.5 Å². The van der Waals surface area contributed by atoms with Gasteiger partial charge in [-0.3, -0.25) is 19.7 Å². The predicted octanol–water partition coefficient (Wildman–Crippen LogP) is 4.69. The highest BCUT2D eigenvalue weighted by Crippen LogP contribution is 2.45. The maximum Gasteiger partial charge on any atom is 0.270 e. The van der Waals surface area contributed by atoms with Crippen LogP contribution in [-0.4, -0.2) is 59.2 Å². The van der Waals surface area contributed by atoms with Crippen LogP contribution in [-0.2, 0) is 5.60 Å². The van der Waals surface area contributed by atoms with E-state index in [0.29, 0.717) is 45.6 Å². The number of nitrogens with one attached hydrogen (secondary N) is 1. The maximum absolute atomic E-state index is 13.0. The number of amides is 1. The van der Waals surface area contributed by atoms with E-state index < -0.39 is 5.60 Å². The number of pyridine rings is 3. The number of hydrogen-bond acceptors (Lipinski definition) is 9. The third-order valence-electron chi connectivity index (χ3n) is 9.38. The zero-order valence-corrected chi connectivity index (χ0v) is 26.3. The zero-order chi connectivity index (χ0) is 32.2. The molecule has 11 heteroatoms. The van der Waals surface area contributed by atoms with E-state index in [2.05, 4.69) is 38.3 Å². The second-order valence-corrected chi connectivity index (χ2v) is 13.4. The van der Waals surface area contributed by atoms with Gasteiger partial charge in [0.05, 0.1) is 46.7 Å². The van der Waals surface area contributed by atoms with Crippen molar-refractivity contribution in [2.24, 2.45) is 11.8 Å². The second kappa shape index (κ2) is 11.0. The molecule has 0 radical (unpaired) electrons. The Bertz CT molecular complexity index is 1970. The van der Waals surface area contributed by atoms with Crippen molar-refractivity contribution in [3.8, 4) is 28.6 Å². The highest BCUT2D eigenvalue weighted by Gasteiger charge is 2.48. The van der Waals surface area contributed by atoms with Crippen molar-refractivity contribution < 1.29 is 9.90 Å². The second-order valence-electron chi connectivity index (χ2n) is 13.4. The first-order valence-corrected chi connectivity index (χ1v) is 15.4. The van der Waals surface area contributed by atoms with Crippen molar-refractivity contribution in [2.45, 2.75) is 51.7 Å². The molecule has 0 spiro atoms. The van der Waals surface area contributed by atoms with Crippen LogP contribution in [0.4, 0.5) is 5.82 Å². The Kier molecular flexibility index (Phi) is 7.05. The van der Waals surface area contributed by atoms with E-state index in [-0.39, 0.29) is 11.4 Å². The fourth-order valence-corrected chi connectivity index (χ4v) is 7.08. The lowest BCUT2D eigenvalue weighted by Crippen LogP contribution is -2.45. The lowest BCUT2D eigenvalue weighted by Gasteiger charge is -2.28. The van der Waals surface area contributed by atoms with Gasteiger partial charge in [-0.05, 0) is 76.1 Å². The van der Waals surface area contributed by atoms with Crippen molar-refractivity contribution in [1.82, 2.24) is 34.9 Å². The third-order valence-corrected chi connectivity index (χ3v) is 9.38. The first-order valence-electron chi connectivity index (χ1n) is 15.4. The summed E-state index contributed by atoms with van der Waals surface area (Å²) in [4.78, 5) is 33.8. The number of anilines is 1. The number of nitrogens with zero attached hydrogens (tertiary/aromatic N) is 8. The molecule has 2 N–H and O–H groups in total. The molecule has 1 amide bonds. The van der Waals surface area contributed by atoms with Crippen LogP contribution in [0.5, 0.6) is 0 Å². The fourth-order valence-electron chi connectivity index (χ4n) is 7.08. The van der Waals surface area contributed by atoms with Gasteiger partial charge in [-0.25, -0.2) is 9.50 Å². The van der Waals surface area contributed by atoms with E-state index in [1.165, 1.54) is 0 Å². The number of nitriles is 1. The minimum Gasteiger partial charge on any atom is -0.386 e. The maximum atomic E-state index is 13.0. The van der Waals surface area contributed by atoms with Gasteiger partial charge in [0.1, 0.15) is 17.6 Å². The molecule has 1 unspecified atom stereocenters. The van der Waals surface area contributed by atoms with Gasteiger partial charge in [-0.1, -0.05) is 12.1 Å². The highest BCUT2D eigenvalue weighted by molar-refractivity contribution is 5.94. The zero-order valence-electron chi connectivity index (χ0n) is 26.3. The molecule has 3 atom stereocenters. The summed E-state index contributed by atoms with van der Waals surface area (Å²) in [6.45, 7) is 9.18. The van der Waals surface area contributed by atoms with Gasteiger partial charge in [-0.15, -0.1) is 0 Å². The molecule has 1 aliphatic heterocycles. The summed E-state index contributed by atoms with van der Waals surface area (Å²) in [5.41, 5.74) is 4.75. The molecule has 1 aliphatic carbocycles. The summed E-state index contributed by atoms with van der Waals surface area (Å²) in [6.07, 6.45) is 12.0. The van der Waals surface area contributed by atoms with Crippen LogP contribution < -0.4 is 10.2 Å². The van der Waals surface area contributed by atoms with Gasteiger partial charge >= 0.3 is 0 Å². The molecule has 5 aromatic rings. The predicted molar refractivity (Wildman–Crippen MR) is 173 cm³/mol. The van der Waals surface area contributed by atoms with E-state index in [4.69, 9.17) is 9.97 Å². The van der Waals surface area contributed by atoms with Gasteiger partial charge in [-0.2, -0.15) is 10.4 Å². The summed E-state index contributed by atoms with van der Waals surface area (Å²) in [6, 6.07) is 11.7. The minimum atomic E-state index is -0.996. The van der Waals surface area contributed by atoms with Crippen LogP contribution in [0.3, 0.4) is 0 Å². The Morgan fingerprint density at radius 2 is 1.80 bits per heavy atom. The van der Waals surface area contributed by atoms with Gasteiger partial charge in [0.15, 0.2) is 0 Å². The lowest BCUT2D eigenvalue weighted by molar-refractivity contribution is 0.0782. The number of aryl methyl sites for hydroxylation is 1. The molecule has 2 aliphatic rings. The van der Waals surface area contributed by atoms with Crippen LogP contribution >= 0.6 is 0 Å². The number of rotatable bonds is 6. The summed E-state index contributed by atoms with van der Waals surface area (Å²) in [5.74, 6) is 1.57.